The Hall–Kier alpha value is -4.23. The number of benzene rings is 3. The summed E-state index contributed by atoms with van der Waals surface area (Å²) in [5.41, 5.74) is 3.86. The van der Waals surface area contributed by atoms with E-state index in [1.54, 1.807) is 33.0 Å². The van der Waals surface area contributed by atoms with E-state index in [1.807, 2.05) is 54.6 Å². The zero-order valence-corrected chi connectivity index (χ0v) is 20.9. The molecule has 0 bridgehead atoms. The number of amides is 2. The van der Waals surface area contributed by atoms with E-state index >= 15 is 0 Å². The third-order valence-corrected chi connectivity index (χ3v) is 5.44. The molecule has 0 aliphatic heterocycles. The maximum atomic E-state index is 12.3. The molecule has 4 aromatic rings. The standard InChI is InChI=1S/C28H25ClN4O3/c1-5-24(34)31-20-10-8-9-17(14-20)22-15-18(21-11-6-7-12-23(21)29)13-19-16-30-26(32-25(19)22)33-27(35)36-28(2,3)4/h5-16H,1H2,2-4H3,(H,31,34)(H,30,32,33,35). The number of halogens is 1. The number of carbonyl (C=O) groups is 2. The van der Waals surface area contributed by atoms with Gasteiger partial charge in [-0.05, 0) is 68.3 Å². The topological polar surface area (TPSA) is 93.2 Å². The van der Waals surface area contributed by atoms with Crippen LogP contribution in [0.3, 0.4) is 0 Å². The van der Waals surface area contributed by atoms with Crippen molar-refractivity contribution >= 4 is 46.1 Å². The fourth-order valence-corrected chi connectivity index (χ4v) is 3.87. The monoisotopic (exact) mass is 500 g/mol. The smallest absolute Gasteiger partial charge is 0.414 e. The molecule has 2 N–H and O–H groups in total. The molecule has 0 aliphatic carbocycles. The van der Waals surface area contributed by atoms with E-state index in [4.69, 9.17) is 16.3 Å². The Morgan fingerprint density at radius 3 is 2.47 bits per heavy atom. The maximum absolute atomic E-state index is 12.3. The Morgan fingerprint density at radius 2 is 1.75 bits per heavy atom. The van der Waals surface area contributed by atoms with Crippen LogP contribution in [0.25, 0.3) is 33.2 Å². The summed E-state index contributed by atoms with van der Waals surface area (Å²) >= 11 is 6.49. The molecule has 0 fully saturated rings. The minimum atomic E-state index is -0.660. The van der Waals surface area contributed by atoms with Gasteiger partial charge in [-0.15, -0.1) is 0 Å². The van der Waals surface area contributed by atoms with Crippen molar-refractivity contribution in [2.24, 2.45) is 0 Å². The number of hydrogen-bond acceptors (Lipinski definition) is 5. The number of carbonyl (C=O) groups excluding carboxylic acids is 2. The third-order valence-electron chi connectivity index (χ3n) is 5.11. The third kappa shape index (κ3) is 5.87. The van der Waals surface area contributed by atoms with Gasteiger partial charge >= 0.3 is 6.09 Å². The van der Waals surface area contributed by atoms with Gasteiger partial charge in [0.2, 0.25) is 11.9 Å². The molecule has 7 nitrogen and oxygen atoms in total. The summed E-state index contributed by atoms with van der Waals surface area (Å²) in [6.45, 7) is 8.84. The van der Waals surface area contributed by atoms with Crippen molar-refractivity contribution in [3.63, 3.8) is 0 Å². The average molecular weight is 501 g/mol. The Kier molecular flexibility index (Phi) is 7.03. The highest BCUT2D eigenvalue weighted by Crippen LogP contribution is 2.36. The van der Waals surface area contributed by atoms with Crippen molar-refractivity contribution in [2.45, 2.75) is 26.4 Å². The predicted molar refractivity (Wildman–Crippen MR) is 144 cm³/mol. The van der Waals surface area contributed by atoms with Crippen molar-refractivity contribution < 1.29 is 14.3 Å². The normalized spacial score (nSPS) is 11.1. The Balaban J connectivity index is 1.86. The van der Waals surface area contributed by atoms with E-state index in [0.717, 1.165) is 27.6 Å². The lowest BCUT2D eigenvalue weighted by atomic mass is 9.95. The minimum absolute atomic E-state index is 0.111. The van der Waals surface area contributed by atoms with Crippen molar-refractivity contribution in [1.82, 2.24) is 9.97 Å². The SMILES string of the molecule is C=CC(=O)Nc1cccc(-c2cc(-c3ccccc3Cl)cc3cnc(NC(=O)OC(C)(C)C)nc23)c1. The number of rotatable bonds is 5. The van der Waals surface area contributed by atoms with Gasteiger partial charge in [-0.25, -0.2) is 14.8 Å². The van der Waals surface area contributed by atoms with E-state index < -0.39 is 11.7 Å². The zero-order valence-electron chi connectivity index (χ0n) is 20.1. The highest BCUT2D eigenvalue weighted by atomic mass is 35.5. The van der Waals surface area contributed by atoms with E-state index in [-0.39, 0.29) is 11.9 Å². The van der Waals surface area contributed by atoms with E-state index in [2.05, 4.69) is 27.2 Å². The van der Waals surface area contributed by atoms with E-state index in [0.29, 0.717) is 16.2 Å². The second-order valence-electron chi connectivity index (χ2n) is 9.04. The number of nitrogens with one attached hydrogen (secondary N) is 2. The van der Waals surface area contributed by atoms with Crippen LogP contribution in [0.4, 0.5) is 16.4 Å². The first-order valence-corrected chi connectivity index (χ1v) is 11.6. The quantitative estimate of drug-likeness (QED) is 0.285. The molecule has 0 radical (unpaired) electrons. The molecule has 0 spiro atoms. The van der Waals surface area contributed by atoms with Crippen LogP contribution in [-0.4, -0.2) is 27.6 Å². The molecule has 0 saturated heterocycles. The average Bonchev–Trinajstić information content (AvgIpc) is 2.82. The first-order chi connectivity index (χ1) is 17.1. The van der Waals surface area contributed by atoms with Gasteiger partial charge in [-0.3, -0.25) is 10.1 Å². The number of hydrogen-bond donors (Lipinski definition) is 2. The van der Waals surface area contributed by atoms with Gasteiger partial charge in [0.1, 0.15) is 5.60 Å². The van der Waals surface area contributed by atoms with Gasteiger partial charge in [-0.1, -0.05) is 48.5 Å². The van der Waals surface area contributed by atoms with Crippen LogP contribution >= 0.6 is 11.6 Å². The maximum Gasteiger partial charge on any atom is 0.414 e. The van der Waals surface area contributed by atoms with Crippen molar-refractivity contribution in [1.29, 1.82) is 0 Å². The Bertz CT molecular complexity index is 1480. The van der Waals surface area contributed by atoms with Gasteiger partial charge in [0.15, 0.2) is 0 Å². The number of anilines is 2. The number of nitrogens with zero attached hydrogens (tertiary/aromatic N) is 2. The van der Waals surface area contributed by atoms with Crippen molar-refractivity contribution in [3.8, 4) is 22.3 Å². The van der Waals surface area contributed by atoms with Crippen LogP contribution in [0.5, 0.6) is 0 Å². The van der Waals surface area contributed by atoms with Gasteiger partial charge in [0.05, 0.1) is 5.52 Å². The van der Waals surface area contributed by atoms with Crippen molar-refractivity contribution in [2.75, 3.05) is 10.6 Å². The van der Waals surface area contributed by atoms with Crippen LogP contribution in [0.1, 0.15) is 20.8 Å². The highest BCUT2D eigenvalue weighted by Gasteiger charge is 2.18. The summed E-state index contributed by atoms with van der Waals surface area (Å²) in [6, 6.07) is 18.9. The summed E-state index contributed by atoms with van der Waals surface area (Å²) < 4.78 is 5.33. The van der Waals surface area contributed by atoms with Crippen molar-refractivity contribution in [3.05, 3.63) is 84.5 Å². The second kappa shape index (κ2) is 10.2. The van der Waals surface area contributed by atoms with Crippen LogP contribution in [-0.2, 0) is 9.53 Å². The number of aromatic nitrogens is 2. The molecule has 0 unspecified atom stereocenters. The molecule has 1 heterocycles. The van der Waals surface area contributed by atoms with E-state index in [1.165, 1.54) is 6.08 Å². The van der Waals surface area contributed by atoms with E-state index in [9.17, 15) is 9.59 Å². The molecule has 36 heavy (non-hydrogen) atoms. The first-order valence-electron chi connectivity index (χ1n) is 11.2. The molecule has 2 amide bonds. The lowest BCUT2D eigenvalue weighted by molar-refractivity contribution is -0.111. The Morgan fingerprint density at radius 1 is 0.972 bits per heavy atom. The molecule has 0 aliphatic rings. The molecule has 8 heteroatoms. The summed E-state index contributed by atoms with van der Waals surface area (Å²) in [7, 11) is 0. The van der Waals surface area contributed by atoms with Gasteiger partial charge < -0.3 is 10.1 Å². The molecule has 4 rings (SSSR count). The van der Waals surface area contributed by atoms with Crippen LogP contribution in [0, 0.1) is 0 Å². The largest absolute Gasteiger partial charge is 0.444 e. The lowest BCUT2D eigenvalue weighted by Crippen LogP contribution is -2.27. The predicted octanol–water partition coefficient (Wildman–Crippen LogP) is 7.09. The van der Waals surface area contributed by atoms with Crippen LogP contribution < -0.4 is 10.6 Å². The molecule has 0 saturated carbocycles. The molecule has 0 atom stereocenters. The lowest BCUT2D eigenvalue weighted by Gasteiger charge is -2.19. The first kappa shape index (κ1) is 24.9. The molecular formula is C28H25ClN4O3. The van der Waals surface area contributed by atoms with Gasteiger partial charge in [0.25, 0.3) is 0 Å². The second-order valence-corrected chi connectivity index (χ2v) is 9.44. The fraction of sp³-hybridized carbons (Fsp3) is 0.143. The number of ether oxygens (including phenoxy) is 1. The minimum Gasteiger partial charge on any atom is -0.444 e. The van der Waals surface area contributed by atoms with Crippen LogP contribution in [0.15, 0.2) is 79.5 Å². The molecule has 3 aromatic carbocycles. The van der Waals surface area contributed by atoms with Gasteiger partial charge in [0, 0.05) is 33.4 Å². The molecular weight excluding hydrogens is 476 g/mol. The highest BCUT2D eigenvalue weighted by molar-refractivity contribution is 6.33. The van der Waals surface area contributed by atoms with Gasteiger partial charge in [-0.2, -0.15) is 0 Å². The summed E-state index contributed by atoms with van der Waals surface area (Å²) in [5, 5.41) is 6.74. The summed E-state index contributed by atoms with van der Waals surface area (Å²) in [4.78, 5) is 33.1. The summed E-state index contributed by atoms with van der Waals surface area (Å²) in [5.74, 6) is -0.201. The Labute approximate surface area is 214 Å². The fourth-order valence-electron chi connectivity index (χ4n) is 3.63. The van der Waals surface area contributed by atoms with Crippen LogP contribution in [0.2, 0.25) is 5.02 Å². The number of fused-ring (bicyclic) bond motifs is 1. The summed E-state index contributed by atoms with van der Waals surface area (Å²) in [6.07, 6.45) is 2.20. The molecule has 1 aromatic heterocycles. The molecule has 182 valence electrons. The zero-order chi connectivity index (χ0) is 25.9.